The number of hydrazone groups is 1. The molecule has 4 nitrogen and oxygen atoms in total. The van der Waals surface area contributed by atoms with Crippen LogP contribution in [0.15, 0.2) is 17.0 Å². The van der Waals surface area contributed by atoms with Crippen molar-refractivity contribution in [2.24, 2.45) is 5.10 Å². The molecule has 0 amide bonds. The van der Waals surface area contributed by atoms with Crippen LogP contribution in [0, 0.1) is 0 Å². The summed E-state index contributed by atoms with van der Waals surface area (Å²) in [5.41, 5.74) is 2.19. The molecule has 0 fully saturated rings. The van der Waals surface area contributed by atoms with Gasteiger partial charge in [-0.15, -0.1) is 0 Å². The smallest absolute Gasteiger partial charge is 0.239 e. The predicted octanol–water partition coefficient (Wildman–Crippen LogP) is 1.21. The van der Waals surface area contributed by atoms with Crippen LogP contribution in [0.1, 0.15) is 19.8 Å². The van der Waals surface area contributed by atoms with Gasteiger partial charge >= 0.3 is 0 Å². The van der Waals surface area contributed by atoms with Crippen molar-refractivity contribution in [2.75, 3.05) is 6.54 Å². The highest BCUT2D eigenvalue weighted by Gasteiger charge is 2.10. The van der Waals surface area contributed by atoms with Gasteiger partial charge in [0.1, 0.15) is 5.82 Å². The molecule has 13 heavy (non-hydrogen) atoms. The molecule has 2 N–H and O–H groups in total. The molecule has 0 spiro atoms. The zero-order valence-electron chi connectivity index (χ0n) is 7.35. The van der Waals surface area contributed by atoms with Crippen molar-refractivity contribution in [3.05, 3.63) is 11.9 Å². The summed E-state index contributed by atoms with van der Waals surface area (Å²) < 4.78 is 24.9. The van der Waals surface area contributed by atoms with Crippen LogP contribution in [0.25, 0.3) is 0 Å². The Morgan fingerprint density at radius 2 is 2.46 bits per heavy atom. The highest BCUT2D eigenvalue weighted by Crippen LogP contribution is 2.01. The minimum absolute atomic E-state index is 0.163. The molecule has 0 aromatic rings. The van der Waals surface area contributed by atoms with E-state index in [1.165, 1.54) is 0 Å². The lowest BCUT2D eigenvalue weighted by molar-refractivity contribution is -0.0230. The molecular formula is C7H12F2N4. The molecule has 1 heterocycles. The van der Waals surface area contributed by atoms with E-state index in [1.807, 2.05) is 6.92 Å². The molecule has 74 valence electrons. The fourth-order valence-electron chi connectivity index (χ4n) is 0.879. The minimum Gasteiger partial charge on any atom is -0.370 e. The molecule has 0 aromatic heterocycles. The number of hydrogen-bond donors (Lipinski definition) is 2. The normalized spacial score (nSPS) is 16.1. The van der Waals surface area contributed by atoms with E-state index in [4.69, 9.17) is 0 Å². The first-order valence-electron chi connectivity index (χ1n) is 4.14. The van der Waals surface area contributed by atoms with E-state index in [1.54, 1.807) is 0 Å². The monoisotopic (exact) mass is 190 g/mol. The summed E-state index contributed by atoms with van der Waals surface area (Å²) >= 11 is 0. The van der Waals surface area contributed by atoms with Crippen molar-refractivity contribution in [3.8, 4) is 0 Å². The maximum atomic E-state index is 12.5. The average molecular weight is 190 g/mol. The Hall–Kier alpha value is -1.33. The van der Waals surface area contributed by atoms with E-state index in [0.717, 1.165) is 18.9 Å². The van der Waals surface area contributed by atoms with Gasteiger partial charge in [-0.3, -0.25) is 0 Å². The standard InChI is InChI=1S/C7H12F2N4/c1-2-3-4-10-7-5-6(8)11-13(9)12-7/h5,10,12H,2-4H2,1H3. The summed E-state index contributed by atoms with van der Waals surface area (Å²) in [6.45, 7) is 2.71. The predicted molar refractivity (Wildman–Crippen MR) is 45.6 cm³/mol. The van der Waals surface area contributed by atoms with Gasteiger partial charge in [-0.05, 0) is 11.8 Å². The molecule has 0 aromatic carbocycles. The Morgan fingerprint density at radius 3 is 3.08 bits per heavy atom. The fraction of sp³-hybridized carbons (Fsp3) is 0.571. The van der Waals surface area contributed by atoms with Crippen molar-refractivity contribution in [1.29, 1.82) is 0 Å². The molecular weight excluding hydrogens is 178 g/mol. The van der Waals surface area contributed by atoms with Crippen LogP contribution in [0.2, 0.25) is 0 Å². The van der Waals surface area contributed by atoms with Crippen molar-refractivity contribution in [2.45, 2.75) is 19.8 Å². The maximum Gasteiger partial charge on any atom is 0.239 e. The number of hydrazine groups is 1. The van der Waals surface area contributed by atoms with E-state index in [0.29, 0.717) is 6.54 Å². The van der Waals surface area contributed by atoms with E-state index in [2.05, 4.69) is 15.8 Å². The maximum absolute atomic E-state index is 12.5. The molecule has 0 radical (unpaired) electrons. The summed E-state index contributed by atoms with van der Waals surface area (Å²) in [4.78, 5) is 0. The summed E-state index contributed by atoms with van der Waals surface area (Å²) in [6.07, 6.45) is 3.08. The molecule has 1 aliphatic rings. The summed E-state index contributed by atoms with van der Waals surface area (Å²) in [6, 6.07) is 0. The van der Waals surface area contributed by atoms with Gasteiger partial charge in [0.25, 0.3) is 0 Å². The van der Waals surface area contributed by atoms with Gasteiger partial charge in [0.2, 0.25) is 5.97 Å². The number of allylic oxidation sites excluding steroid dienone is 1. The second kappa shape index (κ2) is 4.64. The molecule has 6 heteroatoms. The Morgan fingerprint density at radius 1 is 1.69 bits per heavy atom. The third kappa shape index (κ3) is 3.27. The first-order chi connectivity index (χ1) is 6.22. The number of unbranched alkanes of at least 4 members (excludes halogenated alkanes) is 1. The van der Waals surface area contributed by atoms with Gasteiger partial charge in [0.15, 0.2) is 0 Å². The summed E-state index contributed by atoms with van der Waals surface area (Å²) in [5, 5.41) is 5.52. The van der Waals surface area contributed by atoms with Gasteiger partial charge in [-0.1, -0.05) is 22.9 Å². The van der Waals surface area contributed by atoms with Crippen LogP contribution in [0.4, 0.5) is 8.87 Å². The number of nitrogens with one attached hydrogen (secondary N) is 2. The van der Waals surface area contributed by atoms with E-state index < -0.39 is 5.97 Å². The van der Waals surface area contributed by atoms with Crippen LogP contribution in [-0.4, -0.2) is 17.9 Å². The zero-order chi connectivity index (χ0) is 9.68. The number of halogens is 2. The summed E-state index contributed by atoms with van der Waals surface area (Å²) in [5.74, 6) is -0.580. The Balaban J connectivity index is 2.37. The van der Waals surface area contributed by atoms with Crippen molar-refractivity contribution >= 4 is 5.97 Å². The SMILES string of the molecule is CCCCNC1=CC(F)=NN(F)N1. The first kappa shape index (κ1) is 9.76. The van der Waals surface area contributed by atoms with Crippen LogP contribution >= 0.6 is 0 Å². The molecule has 0 aliphatic carbocycles. The molecule has 0 atom stereocenters. The van der Waals surface area contributed by atoms with Crippen LogP contribution in [-0.2, 0) is 0 Å². The van der Waals surface area contributed by atoms with Crippen LogP contribution in [0.3, 0.4) is 0 Å². The van der Waals surface area contributed by atoms with Gasteiger partial charge in [-0.25, -0.2) is 5.43 Å². The molecule has 0 saturated heterocycles. The molecule has 0 unspecified atom stereocenters. The third-order valence-electron chi connectivity index (χ3n) is 1.51. The number of nitrogens with zero attached hydrogens (tertiary/aromatic N) is 2. The largest absolute Gasteiger partial charge is 0.370 e. The van der Waals surface area contributed by atoms with Gasteiger partial charge < -0.3 is 5.32 Å². The van der Waals surface area contributed by atoms with Gasteiger partial charge in [-0.2, -0.15) is 4.39 Å². The molecule has 1 rings (SSSR count). The van der Waals surface area contributed by atoms with Crippen molar-refractivity contribution in [3.63, 3.8) is 0 Å². The zero-order valence-corrected chi connectivity index (χ0v) is 7.35. The fourth-order valence-corrected chi connectivity index (χ4v) is 0.879. The van der Waals surface area contributed by atoms with E-state index >= 15 is 0 Å². The Kier molecular flexibility index (Phi) is 3.48. The second-order valence-electron chi connectivity index (χ2n) is 2.63. The lowest BCUT2D eigenvalue weighted by Gasteiger charge is -2.18. The quantitative estimate of drug-likeness (QED) is 0.517. The third-order valence-corrected chi connectivity index (χ3v) is 1.51. The highest BCUT2D eigenvalue weighted by atomic mass is 19.2. The summed E-state index contributed by atoms with van der Waals surface area (Å²) in [7, 11) is 0. The molecule has 0 saturated carbocycles. The Bertz CT molecular complexity index is 227. The van der Waals surface area contributed by atoms with Crippen LogP contribution in [0.5, 0.6) is 0 Å². The highest BCUT2D eigenvalue weighted by molar-refractivity contribution is 5.87. The lowest BCUT2D eigenvalue weighted by atomic mass is 10.3. The molecule has 1 aliphatic heterocycles. The average Bonchev–Trinajstić information content (AvgIpc) is 2.03. The Labute approximate surface area is 75.2 Å². The second-order valence-corrected chi connectivity index (χ2v) is 2.63. The number of rotatable bonds is 4. The lowest BCUT2D eigenvalue weighted by Crippen LogP contribution is -2.37. The van der Waals surface area contributed by atoms with Gasteiger partial charge in [0.05, 0.1) is 0 Å². The van der Waals surface area contributed by atoms with E-state index in [-0.39, 0.29) is 11.2 Å². The topological polar surface area (TPSA) is 39.7 Å². The first-order valence-corrected chi connectivity index (χ1v) is 4.14. The minimum atomic E-state index is -0.861. The van der Waals surface area contributed by atoms with Crippen molar-refractivity contribution in [1.82, 2.24) is 16.1 Å². The molecule has 0 bridgehead atoms. The van der Waals surface area contributed by atoms with E-state index in [9.17, 15) is 8.87 Å². The number of hydrogen-bond acceptors (Lipinski definition) is 4. The van der Waals surface area contributed by atoms with Crippen LogP contribution < -0.4 is 10.7 Å². The van der Waals surface area contributed by atoms with Gasteiger partial charge in [0, 0.05) is 12.6 Å². The van der Waals surface area contributed by atoms with Crippen molar-refractivity contribution < 1.29 is 8.87 Å².